The number of aromatic nitrogens is 1. The number of fused-ring (bicyclic) bond motifs is 1. The van der Waals surface area contributed by atoms with Crippen LogP contribution in [-0.2, 0) is 4.79 Å². The van der Waals surface area contributed by atoms with Gasteiger partial charge in [-0.05, 0) is 75.6 Å². The Morgan fingerprint density at radius 1 is 1.12 bits per heavy atom. The summed E-state index contributed by atoms with van der Waals surface area (Å²) in [6, 6.07) is 12.8. The summed E-state index contributed by atoms with van der Waals surface area (Å²) in [6.07, 6.45) is 2.03. The van der Waals surface area contributed by atoms with E-state index in [0.29, 0.717) is 23.6 Å². The van der Waals surface area contributed by atoms with E-state index >= 15 is 0 Å². The van der Waals surface area contributed by atoms with Crippen molar-refractivity contribution in [3.8, 4) is 5.75 Å². The fraction of sp³-hybridized carbons (Fsp3) is 0.391. The summed E-state index contributed by atoms with van der Waals surface area (Å²) in [5.41, 5.74) is 0.336. The largest absolute Gasteiger partial charge is 0.497 e. The standard InChI is InChI=1S/C23H28FN3O2S2.ClH/c1-26(2)14-6-15-27(23-25-22-19(24)7-4-8-20(22)31-23)21(28)9-5-16-30-18-12-10-17(29-3)11-13-18;/h4,7-8,10-13H,5-6,9,14-16H2,1-3H3;1H. The predicted molar refractivity (Wildman–Crippen MR) is 135 cm³/mol. The molecule has 5 nitrogen and oxygen atoms in total. The van der Waals surface area contributed by atoms with Crippen LogP contribution in [0.25, 0.3) is 10.2 Å². The number of benzene rings is 2. The van der Waals surface area contributed by atoms with Gasteiger partial charge in [0.25, 0.3) is 0 Å². The van der Waals surface area contributed by atoms with Crippen molar-refractivity contribution in [1.82, 2.24) is 9.88 Å². The van der Waals surface area contributed by atoms with Crippen molar-refractivity contribution < 1.29 is 13.9 Å². The van der Waals surface area contributed by atoms with Crippen LogP contribution in [0.15, 0.2) is 47.4 Å². The van der Waals surface area contributed by atoms with E-state index in [4.69, 9.17) is 4.74 Å². The Morgan fingerprint density at radius 2 is 1.88 bits per heavy atom. The lowest BCUT2D eigenvalue weighted by Crippen LogP contribution is -2.33. The highest BCUT2D eigenvalue weighted by molar-refractivity contribution is 7.99. The number of amides is 1. The van der Waals surface area contributed by atoms with Gasteiger partial charge in [0.2, 0.25) is 5.91 Å². The molecule has 3 rings (SSSR count). The molecule has 0 aliphatic rings. The molecule has 0 spiro atoms. The number of ether oxygens (including phenoxy) is 1. The predicted octanol–water partition coefficient (Wildman–Crippen LogP) is 5.72. The number of carbonyl (C=O) groups is 1. The van der Waals surface area contributed by atoms with Crippen LogP contribution in [0.2, 0.25) is 0 Å². The number of hydrogen-bond acceptors (Lipinski definition) is 6. The van der Waals surface area contributed by atoms with E-state index < -0.39 is 0 Å². The number of thiazole rings is 1. The molecule has 1 amide bonds. The molecular formula is C23H29ClFN3O2S2. The van der Waals surface area contributed by atoms with Crippen molar-refractivity contribution in [3.05, 3.63) is 48.3 Å². The van der Waals surface area contributed by atoms with Gasteiger partial charge in [-0.25, -0.2) is 9.37 Å². The molecule has 0 saturated heterocycles. The molecule has 3 aromatic rings. The van der Waals surface area contributed by atoms with Crippen molar-refractivity contribution >= 4 is 56.8 Å². The van der Waals surface area contributed by atoms with E-state index in [0.717, 1.165) is 40.5 Å². The summed E-state index contributed by atoms with van der Waals surface area (Å²) < 4.78 is 20.0. The van der Waals surface area contributed by atoms with E-state index in [1.165, 1.54) is 17.4 Å². The minimum atomic E-state index is -0.350. The molecule has 0 saturated carbocycles. The molecule has 9 heteroatoms. The highest BCUT2D eigenvalue weighted by Gasteiger charge is 2.20. The van der Waals surface area contributed by atoms with Crippen LogP contribution < -0.4 is 9.64 Å². The Morgan fingerprint density at radius 3 is 2.53 bits per heavy atom. The number of hydrogen-bond donors (Lipinski definition) is 0. The van der Waals surface area contributed by atoms with Gasteiger partial charge in [-0.1, -0.05) is 17.4 Å². The van der Waals surface area contributed by atoms with Gasteiger partial charge in [0.05, 0.1) is 11.8 Å². The molecular weight excluding hydrogens is 469 g/mol. The average molecular weight is 498 g/mol. The van der Waals surface area contributed by atoms with Gasteiger partial charge in [0, 0.05) is 17.9 Å². The fourth-order valence-corrected chi connectivity index (χ4v) is 4.99. The smallest absolute Gasteiger partial charge is 0.228 e. The molecule has 0 atom stereocenters. The zero-order chi connectivity index (χ0) is 22.2. The first-order valence-corrected chi connectivity index (χ1v) is 12.0. The Balaban J connectivity index is 0.00000363. The molecule has 0 unspecified atom stereocenters. The van der Waals surface area contributed by atoms with E-state index in [9.17, 15) is 9.18 Å². The van der Waals surface area contributed by atoms with Crippen molar-refractivity contribution in [2.45, 2.75) is 24.2 Å². The molecule has 32 heavy (non-hydrogen) atoms. The number of thioether (sulfide) groups is 1. The van der Waals surface area contributed by atoms with Crippen LogP contribution in [0.1, 0.15) is 19.3 Å². The highest BCUT2D eigenvalue weighted by atomic mass is 35.5. The van der Waals surface area contributed by atoms with Gasteiger partial charge in [-0.3, -0.25) is 9.69 Å². The van der Waals surface area contributed by atoms with Crippen molar-refractivity contribution in [2.75, 3.05) is 44.9 Å². The van der Waals surface area contributed by atoms with E-state index in [1.807, 2.05) is 44.4 Å². The lowest BCUT2D eigenvalue weighted by molar-refractivity contribution is -0.118. The lowest BCUT2D eigenvalue weighted by atomic mass is 10.3. The van der Waals surface area contributed by atoms with Crippen molar-refractivity contribution in [3.63, 3.8) is 0 Å². The quantitative estimate of drug-likeness (QED) is 0.250. The molecule has 0 N–H and O–H groups in total. The second kappa shape index (κ2) is 13.0. The van der Waals surface area contributed by atoms with E-state index in [-0.39, 0.29) is 24.1 Å². The Labute approximate surface area is 203 Å². The maximum Gasteiger partial charge on any atom is 0.228 e. The first kappa shape index (κ1) is 26.4. The molecule has 174 valence electrons. The van der Waals surface area contributed by atoms with Crippen molar-refractivity contribution in [1.29, 1.82) is 0 Å². The normalized spacial score (nSPS) is 10.9. The SMILES string of the molecule is COc1ccc(SCCCC(=O)N(CCCN(C)C)c2nc3c(F)cccc3s2)cc1.Cl. The third kappa shape index (κ3) is 7.33. The van der Waals surface area contributed by atoms with Gasteiger partial charge in [0.1, 0.15) is 17.1 Å². The van der Waals surface area contributed by atoms with Gasteiger partial charge in [0.15, 0.2) is 5.13 Å². The van der Waals surface area contributed by atoms with E-state index in [1.54, 1.807) is 29.8 Å². The van der Waals surface area contributed by atoms with Crippen LogP contribution in [0.5, 0.6) is 5.75 Å². The highest BCUT2D eigenvalue weighted by Crippen LogP contribution is 2.31. The van der Waals surface area contributed by atoms with Crippen molar-refractivity contribution in [2.24, 2.45) is 0 Å². The van der Waals surface area contributed by atoms with Gasteiger partial charge >= 0.3 is 0 Å². The summed E-state index contributed by atoms with van der Waals surface area (Å²) in [5.74, 6) is 1.36. The average Bonchev–Trinajstić information content (AvgIpc) is 3.19. The van der Waals surface area contributed by atoms with E-state index in [2.05, 4.69) is 9.88 Å². The molecule has 0 bridgehead atoms. The molecule has 0 aliphatic carbocycles. The van der Waals surface area contributed by atoms with Crippen LogP contribution in [0, 0.1) is 5.82 Å². The summed E-state index contributed by atoms with van der Waals surface area (Å²) in [5, 5.41) is 0.576. The number of methoxy groups -OCH3 is 1. The van der Waals surface area contributed by atoms with Gasteiger partial charge in [-0.15, -0.1) is 24.2 Å². The van der Waals surface area contributed by atoms with Crippen LogP contribution >= 0.6 is 35.5 Å². The monoisotopic (exact) mass is 497 g/mol. The molecule has 0 radical (unpaired) electrons. The topological polar surface area (TPSA) is 45.7 Å². The zero-order valence-electron chi connectivity index (χ0n) is 18.5. The maximum absolute atomic E-state index is 14.1. The summed E-state index contributed by atoms with van der Waals surface area (Å²) in [6.45, 7) is 1.44. The number of anilines is 1. The first-order chi connectivity index (χ1) is 15.0. The summed E-state index contributed by atoms with van der Waals surface area (Å²) in [7, 11) is 5.67. The summed E-state index contributed by atoms with van der Waals surface area (Å²) in [4.78, 5) is 22.4. The van der Waals surface area contributed by atoms with Crippen LogP contribution in [0.4, 0.5) is 9.52 Å². The molecule has 2 aromatic carbocycles. The minimum Gasteiger partial charge on any atom is -0.497 e. The number of rotatable bonds is 11. The maximum atomic E-state index is 14.1. The minimum absolute atomic E-state index is 0. The van der Waals surface area contributed by atoms with Gasteiger partial charge < -0.3 is 9.64 Å². The third-order valence-electron chi connectivity index (χ3n) is 4.74. The second-order valence-corrected chi connectivity index (χ2v) is 9.59. The van der Waals surface area contributed by atoms with Gasteiger partial charge in [-0.2, -0.15) is 0 Å². The lowest BCUT2D eigenvalue weighted by Gasteiger charge is -2.21. The number of nitrogens with zero attached hydrogens (tertiary/aromatic N) is 3. The zero-order valence-corrected chi connectivity index (χ0v) is 21.0. The number of para-hydroxylation sites is 1. The van der Waals surface area contributed by atoms with Crippen LogP contribution in [0.3, 0.4) is 0 Å². The Kier molecular flexibility index (Phi) is 10.7. The molecule has 0 aliphatic heterocycles. The molecule has 1 aromatic heterocycles. The third-order valence-corrected chi connectivity index (χ3v) is 6.88. The number of halogens is 2. The molecule has 1 heterocycles. The Bertz CT molecular complexity index is 999. The number of carbonyl (C=O) groups excluding carboxylic acids is 1. The first-order valence-electron chi connectivity index (χ1n) is 10.2. The summed E-state index contributed by atoms with van der Waals surface area (Å²) >= 11 is 3.09. The molecule has 0 fully saturated rings. The second-order valence-electron chi connectivity index (χ2n) is 7.41. The Hall–Kier alpha value is -1.87. The fourth-order valence-electron chi connectivity index (χ4n) is 3.11. The van der Waals surface area contributed by atoms with Crippen LogP contribution in [-0.4, -0.2) is 55.8 Å².